The summed E-state index contributed by atoms with van der Waals surface area (Å²) in [6.45, 7) is 4.46. The molecule has 0 aliphatic carbocycles. The van der Waals surface area contributed by atoms with Crippen molar-refractivity contribution in [1.29, 1.82) is 0 Å². The number of anilines is 1. The van der Waals surface area contributed by atoms with Crippen LogP contribution in [0, 0.1) is 0 Å². The van der Waals surface area contributed by atoms with Gasteiger partial charge >= 0.3 is 0 Å². The van der Waals surface area contributed by atoms with Crippen molar-refractivity contribution in [2.45, 2.75) is 52.0 Å². The van der Waals surface area contributed by atoms with Crippen LogP contribution in [0.25, 0.3) is 0 Å². The van der Waals surface area contributed by atoms with Gasteiger partial charge in [0.1, 0.15) is 11.5 Å². The van der Waals surface area contributed by atoms with E-state index in [0.717, 1.165) is 17.2 Å². The maximum atomic E-state index is 5.27. The van der Waals surface area contributed by atoms with Crippen molar-refractivity contribution in [2.75, 3.05) is 19.5 Å². The van der Waals surface area contributed by atoms with E-state index >= 15 is 0 Å². The molecule has 0 bridgehead atoms. The van der Waals surface area contributed by atoms with Crippen molar-refractivity contribution in [2.24, 2.45) is 0 Å². The molecule has 3 nitrogen and oxygen atoms in total. The van der Waals surface area contributed by atoms with Crippen LogP contribution in [0.5, 0.6) is 11.5 Å². The molecule has 1 aromatic rings. The van der Waals surface area contributed by atoms with Crippen LogP contribution in [-0.2, 0) is 0 Å². The Morgan fingerprint density at radius 1 is 1.00 bits per heavy atom. The summed E-state index contributed by atoms with van der Waals surface area (Å²) in [6.07, 6.45) is 6.42. The molecular weight excluding hydrogens is 238 g/mol. The summed E-state index contributed by atoms with van der Waals surface area (Å²) in [7, 11) is 3.35. The number of unbranched alkanes of at least 4 members (excludes halogenated alkanes) is 3. The third kappa shape index (κ3) is 5.86. The number of hydrogen-bond donors (Lipinski definition) is 1. The molecule has 0 aliphatic heterocycles. The minimum Gasteiger partial charge on any atom is -0.497 e. The van der Waals surface area contributed by atoms with Gasteiger partial charge in [0.05, 0.1) is 14.2 Å². The molecule has 1 aromatic carbocycles. The molecule has 0 aliphatic rings. The van der Waals surface area contributed by atoms with Crippen LogP contribution in [0.4, 0.5) is 5.69 Å². The lowest BCUT2D eigenvalue weighted by atomic mass is 10.1. The van der Waals surface area contributed by atoms with E-state index in [4.69, 9.17) is 9.47 Å². The van der Waals surface area contributed by atoms with Gasteiger partial charge in [-0.3, -0.25) is 0 Å². The summed E-state index contributed by atoms with van der Waals surface area (Å²) in [4.78, 5) is 0. The zero-order chi connectivity index (χ0) is 14.1. The van der Waals surface area contributed by atoms with E-state index < -0.39 is 0 Å². The number of benzene rings is 1. The van der Waals surface area contributed by atoms with Gasteiger partial charge < -0.3 is 14.8 Å². The molecule has 0 aromatic heterocycles. The van der Waals surface area contributed by atoms with Gasteiger partial charge in [-0.2, -0.15) is 0 Å². The maximum absolute atomic E-state index is 5.27. The average molecular weight is 265 g/mol. The van der Waals surface area contributed by atoms with E-state index in [9.17, 15) is 0 Å². The number of hydrogen-bond acceptors (Lipinski definition) is 3. The molecule has 1 N–H and O–H groups in total. The molecule has 19 heavy (non-hydrogen) atoms. The Kier molecular flexibility index (Phi) is 7.16. The van der Waals surface area contributed by atoms with Crippen molar-refractivity contribution in [3.63, 3.8) is 0 Å². The van der Waals surface area contributed by atoms with Crippen LogP contribution in [0.2, 0.25) is 0 Å². The lowest BCUT2D eigenvalue weighted by Gasteiger charge is -2.16. The molecule has 1 rings (SSSR count). The van der Waals surface area contributed by atoms with Gasteiger partial charge in [0.15, 0.2) is 0 Å². The van der Waals surface area contributed by atoms with Crippen LogP contribution >= 0.6 is 0 Å². The maximum Gasteiger partial charge on any atom is 0.124 e. The lowest BCUT2D eigenvalue weighted by Crippen LogP contribution is -2.14. The molecule has 0 amide bonds. The Morgan fingerprint density at radius 2 is 1.63 bits per heavy atom. The summed E-state index contributed by atoms with van der Waals surface area (Å²) in [6, 6.07) is 6.36. The van der Waals surface area contributed by atoms with Gasteiger partial charge in [0.25, 0.3) is 0 Å². The van der Waals surface area contributed by atoms with Gasteiger partial charge in [0, 0.05) is 29.9 Å². The van der Waals surface area contributed by atoms with Crippen LogP contribution in [0.3, 0.4) is 0 Å². The number of nitrogens with one attached hydrogen (secondary N) is 1. The lowest BCUT2D eigenvalue weighted by molar-refractivity contribution is 0.394. The van der Waals surface area contributed by atoms with E-state index in [1.54, 1.807) is 14.2 Å². The van der Waals surface area contributed by atoms with Gasteiger partial charge in [-0.05, 0) is 13.3 Å². The molecule has 1 atom stereocenters. The average Bonchev–Trinajstić information content (AvgIpc) is 2.43. The van der Waals surface area contributed by atoms with Crippen LogP contribution in [-0.4, -0.2) is 20.3 Å². The summed E-state index contributed by atoms with van der Waals surface area (Å²) in [5, 5.41) is 3.51. The first-order valence-electron chi connectivity index (χ1n) is 7.19. The smallest absolute Gasteiger partial charge is 0.124 e. The van der Waals surface area contributed by atoms with Crippen molar-refractivity contribution >= 4 is 5.69 Å². The first-order valence-corrected chi connectivity index (χ1v) is 7.19. The first kappa shape index (κ1) is 15.7. The predicted molar refractivity (Wildman–Crippen MR) is 81.4 cm³/mol. The summed E-state index contributed by atoms with van der Waals surface area (Å²) >= 11 is 0. The highest BCUT2D eigenvalue weighted by atomic mass is 16.5. The zero-order valence-electron chi connectivity index (χ0n) is 12.7. The second-order valence-corrected chi connectivity index (χ2v) is 5.00. The highest BCUT2D eigenvalue weighted by molar-refractivity contribution is 5.54. The van der Waals surface area contributed by atoms with E-state index in [0.29, 0.717) is 6.04 Å². The second kappa shape index (κ2) is 8.68. The fourth-order valence-corrected chi connectivity index (χ4v) is 2.12. The quantitative estimate of drug-likeness (QED) is 0.668. The second-order valence-electron chi connectivity index (χ2n) is 5.00. The molecular formula is C16H27NO2. The fourth-order valence-electron chi connectivity index (χ4n) is 2.12. The highest BCUT2D eigenvalue weighted by Gasteiger charge is 2.05. The Hall–Kier alpha value is -1.38. The summed E-state index contributed by atoms with van der Waals surface area (Å²) in [5.74, 6) is 1.64. The molecule has 0 heterocycles. The summed E-state index contributed by atoms with van der Waals surface area (Å²) in [5.41, 5.74) is 1.05. The highest BCUT2D eigenvalue weighted by Crippen LogP contribution is 2.26. The summed E-state index contributed by atoms with van der Waals surface area (Å²) < 4.78 is 10.5. The van der Waals surface area contributed by atoms with Gasteiger partial charge in [-0.25, -0.2) is 0 Å². The Labute approximate surface area is 117 Å². The Bertz CT molecular complexity index is 344. The normalized spacial score (nSPS) is 12.0. The molecule has 108 valence electrons. The molecule has 0 saturated heterocycles. The largest absolute Gasteiger partial charge is 0.497 e. The first-order chi connectivity index (χ1) is 9.19. The molecule has 0 radical (unpaired) electrons. The van der Waals surface area contributed by atoms with E-state index in [-0.39, 0.29) is 0 Å². The fraction of sp³-hybridized carbons (Fsp3) is 0.625. The van der Waals surface area contributed by atoms with Crippen LogP contribution in [0.1, 0.15) is 46.0 Å². The zero-order valence-corrected chi connectivity index (χ0v) is 12.7. The number of methoxy groups -OCH3 is 2. The van der Waals surface area contributed by atoms with Gasteiger partial charge in [-0.15, -0.1) is 0 Å². The Morgan fingerprint density at radius 3 is 2.16 bits per heavy atom. The van der Waals surface area contributed by atoms with Crippen LogP contribution < -0.4 is 14.8 Å². The SMILES string of the molecule is CCCCCCC(C)Nc1cc(OC)cc(OC)c1. The topological polar surface area (TPSA) is 30.5 Å². The van der Waals surface area contributed by atoms with Crippen molar-refractivity contribution in [3.05, 3.63) is 18.2 Å². The van der Waals surface area contributed by atoms with E-state index in [1.165, 1.54) is 32.1 Å². The molecule has 1 unspecified atom stereocenters. The molecule has 0 spiro atoms. The number of ether oxygens (including phenoxy) is 2. The van der Waals surface area contributed by atoms with Crippen molar-refractivity contribution in [3.8, 4) is 11.5 Å². The third-order valence-corrected chi connectivity index (χ3v) is 3.26. The minimum absolute atomic E-state index is 0.466. The Balaban J connectivity index is 2.50. The minimum atomic E-state index is 0.466. The van der Waals surface area contributed by atoms with Crippen molar-refractivity contribution < 1.29 is 9.47 Å². The number of rotatable bonds is 9. The van der Waals surface area contributed by atoms with Gasteiger partial charge in [0.2, 0.25) is 0 Å². The standard InChI is InChI=1S/C16H27NO2/c1-5-6-7-8-9-13(2)17-14-10-15(18-3)12-16(11-14)19-4/h10-13,17H,5-9H2,1-4H3. The third-order valence-electron chi connectivity index (χ3n) is 3.26. The van der Waals surface area contributed by atoms with E-state index in [2.05, 4.69) is 19.2 Å². The van der Waals surface area contributed by atoms with Gasteiger partial charge in [-0.1, -0.05) is 32.6 Å². The van der Waals surface area contributed by atoms with Crippen molar-refractivity contribution in [1.82, 2.24) is 0 Å². The molecule has 0 saturated carbocycles. The van der Waals surface area contributed by atoms with Crippen LogP contribution in [0.15, 0.2) is 18.2 Å². The molecule has 3 heteroatoms. The predicted octanol–water partition coefficient (Wildman–Crippen LogP) is 4.47. The molecule has 0 fully saturated rings. The van der Waals surface area contributed by atoms with E-state index in [1.807, 2.05) is 18.2 Å². The monoisotopic (exact) mass is 265 g/mol.